The first-order valence-electron chi connectivity index (χ1n) is 9.33. The quantitative estimate of drug-likeness (QED) is 0.220. The van der Waals surface area contributed by atoms with Crippen molar-refractivity contribution < 1.29 is 4.79 Å². The van der Waals surface area contributed by atoms with Crippen LogP contribution in [0.5, 0.6) is 0 Å². The van der Waals surface area contributed by atoms with E-state index in [0.717, 1.165) is 11.8 Å². The van der Waals surface area contributed by atoms with Gasteiger partial charge in [-0.05, 0) is 11.6 Å². The number of aryl methyl sites for hydroxylation is 1. The summed E-state index contributed by atoms with van der Waals surface area (Å²) in [5.41, 5.74) is 8.82. The molecule has 10 nitrogen and oxygen atoms in total. The summed E-state index contributed by atoms with van der Waals surface area (Å²) in [5.74, 6) is -0.354. The summed E-state index contributed by atoms with van der Waals surface area (Å²) in [6.07, 6.45) is 5.51. The molecule has 0 aliphatic heterocycles. The molecule has 11 heteroatoms. The van der Waals surface area contributed by atoms with E-state index in [2.05, 4.69) is 15.3 Å². The number of benzene rings is 1. The van der Waals surface area contributed by atoms with Crippen LogP contribution < -0.4 is 16.7 Å². The number of imidazole rings is 1. The van der Waals surface area contributed by atoms with Crippen molar-refractivity contribution in [3.63, 3.8) is 0 Å². The lowest BCUT2D eigenvalue weighted by Gasteiger charge is -2.11. The van der Waals surface area contributed by atoms with Gasteiger partial charge in [-0.15, -0.1) is 11.3 Å². The van der Waals surface area contributed by atoms with Crippen LogP contribution in [-0.2, 0) is 20.1 Å². The van der Waals surface area contributed by atoms with Crippen molar-refractivity contribution >= 4 is 45.7 Å². The van der Waals surface area contributed by atoms with Crippen molar-refractivity contribution in [3.8, 4) is 0 Å². The second-order valence-corrected chi connectivity index (χ2v) is 7.95. The van der Waals surface area contributed by atoms with Crippen molar-refractivity contribution in [2.24, 2.45) is 7.05 Å². The van der Waals surface area contributed by atoms with Gasteiger partial charge < -0.3 is 31.4 Å². The molecule has 31 heavy (non-hydrogen) atoms. The predicted octanol–water partition coefficient (Wildman–Crippen LogP) is 1.68. The Morgan fingerprint density at radius 1 is 1.32 bits per heavy atom. The Balaban J connectivity index is 1.63. The van der Waals surface area contributed by atoms with E-state index in [1.54, 1.807) is 42.2 Å². The molecule has 158 valence electrons. The Kier molecular flexibility index (Phi) is 5.26. The lowest BCUT2D eigenvalue weighted by Crippen LogP contribution is -2.26. The molecule has 0 radical (unpaired) electrons. The number of hydrogen-bond donors (Lipinski definition) is 5. The largest absolute Gasteiger partial charge is 0.398 e. The zero-order valence-electron chi connectivity index (χ0n) is 16.6. The van der Waals surface area contributed by atoms with Gasteiger partial charge in [-0.1, -0.05) is 12.1 Å². The number of carbonyl (C=O) groups excluding carboxylic acids is 1. The SMILES string of the molecule is Cn1c(C(=O)NCc2cccc(N)c2C=N)c(C=N)c2sc(Cn3cc[nH]c3=O)nc21. The van der Waals surface area contributed by atoms with Gasteiger partial charge in [0.2, 0.25) is 0 Å². The molecule has 0 unspecified atom stereocenters. The maximum absolute atomic E-state index is 13.0. The zero-order chi connectivity index (χ0) is 22.1. The average molecular weight is 437 g/mol. The van der Waals surface area contributed by atoms with E-state index in [4.69, 9.17) is 16.6 Å². The van der Waals surface area contributed by atoms with Crippen LogP contribution in [0.15, 0.2) is 35.4 Å². The van der Waals surface area contributed by atoms with Crippen LogP contribution in [0.1, 0.15) is 32.2 Å². The van der Waals surface area contributed by atoms with Crippen LogP contribution in [0, 0.1) is 10.8 Å². The number of anilines is 1. The Bertz CT molecular complexity index is 1370. The van der Waals surface area contributed by atoms with Gasteiger partial charge in [0.1, 0.15) is 10.7 Å². The molecule has 0 saturated heterocycles. The normalized spacial score (nSPS) is 11.0. The van der Waals surface area contributed by atoms with Crippen LogP contribution in [0.25, 0.3) is 10.3 Å². The van der Waals surface area contributed by atoms with E-state index >= 15 is 0 Å². The van der Waals surface area contributed by atoms with Crippen LogP contribution in [0.3, 0.4) is 0 Å². The van der Waals surface area contributed by atoms with Gasteiger partial charge in [0, 0.05) is 55.2 Å². The first-order valence-corrected chi connectivity index (χ1v) is 10.1. The zero-order valence-corrected chi connectivity index (χ0v) is 17.4. The van der Waals surface area contributed by atoms with Gasteiger partial charge >= 0.3 is 5.69 Å². The van der Waals surface area contributed by atoms with E-state index in [1.165, 1.54) is 22.1 Å². The maximum Gasteiger partial charge on any atom is 0.325 e. The minimum atomic E-state index is -0.354. The molecule has 0 bridgehead atoms. The molecule has 0 aliphatic rings. The smallest absolute Gasteiger partial charge is 0.325 e. The number of aromatic nitrogens is 4. The average Bonchev–Trinajstić information content (AvgIpc) is 3.42. The summed E-state index contributed by atoms with van der Waals surface area (Å²) in [6.45, 7) is 0.502. The highest BCUT2D eigenvalue weighted by Gasteiger charge is 2.23. The first kappa shape index (κ1) is 20.3. The predicted molar refractivity (Wildman–Crippen MR) is 121 cm³/mol. The third-order valence-corrected chi connectivity index (χ3v) is 6.07. The van der Waals surface area contributed by atoms with Crippen LogP contribution in [0.2, 0.25) is 0 Å². The molecule has 4 aromatic rings. The number of nitrogens with two attached hydrogens (primary N) is 1. The standard InChI is InChI=1S/C20H20N8O2S/c1-27-16(19(29)25-9-11-3-2-4-14(23)12(11)7-21)13(8-22)17-18(27)26-15(31-17)10-28-6-5-24-20(28)30/h2-8,21-22H,9-10,23H2,1H3,(H,24,30)(H,25,29). The van der Waals surface area contributed by atoms with Crippen molar-refractivity contribution in [1.29, 1.82) is 10.8 Å². The minimum absolute atomic E-state index is 0.194. The fourth-order valence-corrected chi connectivity index (χ4v) is 4.58. The summed E-state index contributed by atoms with van der Waals surface area (Å²) in [4.78, 5) is 31.9. The van der Waals surface area contributed by atoms with Gasteiger partial charge in [0.15, 0.2) is 5.65 Å². The van der Waals surface area contributed by atoms with Gasteiger partial charge in [-0.25, -0.2) is 9.78 Å². The summed E-state index contributed by atoms with van der Waals surface area (Å²) in [6, 6.07) is 5.27. The minimum Gasteiger partial charge on any atom is -0.398 e. The van der Waals surface area contributed by atoms with Gasteiger partial charge in [0.25, 0.3) is 5.91 Å². The molecule has 0 saturated carbocycles. The number of aromatic amines is 1. The van der Waals surface area contributed by atoms with E-state index in [1.807, 2.05) is 0 Å². The highest BCUT2D eigenvalue weighted by molar-refractivity contribution is 7.19. The second-order valence-electron chi connectivity index (χ2n) is 6.87. The molecule has 3 aromatic heterocycles. The topological polar surface area (TPSA) is 158 Å². The molecule has 0 aliphatic carbocycles. The number of thiazole rings is 1. The van der Waals surface area contributed by atoms with Crippen molar-refractivity contribution in [2.45, 2.75) is 13.1 Å². The molecule has 0 fully saturated rings. The third-order valence-electron chi connectivity index (χ3n) is 5.01. The van der Waals surface area contributed by atoms with Gasteiger partial charge in [0.05, 0.1) is 11.2 Å². The number of rotatable bonds is 7. The third kappa shape index (κ3) is 3.55. The molecular formula is C20H20N8O2S. The van der Waals surface area contributed by atoms with Crippen LogP contribution in [0.4, 0.5) is 5.69 Å². The lowest BCUT2D eigenvalue weighted by molar-refractivity contribution is 0.0943. The summed E-state index contributed by atoms with van der Waals surface area (Å²) >= 11 is 1.35. The molecule has 3 heterocycles. The molecule has 6 N–H and O–H groups in total. The fraction of sp³-hybridized carbons (Fsp3) is 0.150. The number of carbonyl (C=O) groups is 1. The molecule has 1 aromatic carbocycles. The van der Waals surface area contributed by atoms with E-state index in [-0.39, 0.29) is 18.1 Å². The number of nitrogen functional groups attached to an aromatic ring is 1. The molecule has 0 atom stereocenters. The van der Waals surface area contributed by atoms with Crippen molar-refractivity contribution in [1.82, 2.24) is 24.4 Å². The number of fused-ring (bicyclic) bond motifs is 1. The summed E-state index contributed by atoms with van der Waals surface area (Å²) in [5, 5.41) is 19.0. The van der Waals surface area contributed by atoms with E-state index in [9.17, 15) is 9.59 Å². The molecule has 1 amide bonds. The number of nitrogens with zero attached hydrogens (tertiary/aromatic N) is 3. The fourth-order valence-electron chi connectivity index (χ4n) is 3.47. The Morgan fingerprint density at radius 3 is 2.77 bits per heavy atom. The van der Waals surface area contributed by atoms with Crippen molar-refractivity contribution in [2.75, 3.05) is 5.73 Å². The Hall–Kier alpha value is -3.99. The van der Waals surface area contributed by atoms with Crippen LogP contribution in [-0.4, -0.2) is 37.4 Å². The van der Waals surface area contributed by atoms with E-state index in [0.29, 0.717) is 44.4 Å². The molecule has 4 rings (SSSR count). The number of nitrogens with one attached hydrogen (secondary N) is 4. The van der Waals surface area contributed by atoms with Crippen molar-refractivity contribution in [3.05, 3.63) is 68.5 Å². The highest BCUT2D eigenvalue weighted by Crippen LogP contribution is 2.30. The monoisotopic (exact) mass is 436 g/mol. The summed E-state index contributed by atoms with van der Waals surface area (Å²) < 4.78 is 3.87. The highest BCUT2D eigenvalue weighted by atomic mass is 32.1. The molecular weight excluding hydrogens is 416 g/mol. The number of amides is 1. The Morgan fingerprint density at radius 2 is 2.10 bits per heavy atom. The lowest BCUT2D eigenvalue weighted by atomic mass is 10.1. The van der Waals surface area contributed by atoms with Crippen LogP contribution >= 0.6 is 11.3 Å². The molecule has 0 spiro atoms. The first-order chi connectivity index (χ1) is 14.9. The van der Waals surface area contributed by atoms with E-state index < -0.39 is 0 Å². The van der Waals surface area contributed by atoms with Gasteiger partial charge in [-0.2, -0.15) is 0 Å². The second kappa shape index (κ2) is 8.03. The maximum atomic E-state index is 13.0. The van der Waals surface area contributed by atoms with Gasteiger partial charge in [-0.3, -0.25) is 9.36 Å². The summed E-state index contributed by atoms with van der Waals surface area (Å²) in [7, 11) is 1.72. The Labute approximate surface area is 180 Å². The number of hydrogen-bond acceptors (Lipinski definition) is 7. The number of H-pyrrole nitrogens is 1.